The van der Waals surface area contributed by atoms with Gasteiger partial charge in [-0.25, -0.2) is 0 Å². The van der Waals surface area contributed by atoms with Crippen molar-refractivity contribution in [3.8, 4) is 0 Å². The monoisotopic (exact) mass is 299 g/mol. The molecule has 0 saturated carbocycles. The van der Waals surface area contributed by atoms with Gasteiger partial charge in [-0.1, -0.05) is 23.1 Å². The summed E-state index contributed by atoms with van der Waals surface area (Å²) in [4.78, 5) is 0. The number of nitrogens with zero attached hydrogens (tertiary/aromatic N) is 4. The third-order valence-electron chi connectivity index (χ3n) is 2.50. The van der Waals surface area contributed by atoms with Gasteiger partial charge >= 0.3 is 0 Å². The molecule has 8 heteroatoms. The molecule has 0 atom stereocenters. The summed E-state index contributed by atoms with van der Waals surface area (Å²) in [6, 6.07) is 0. The van der Waals surface area contributed by atoms with Gasteiger partial charge in [0, 0.05) is 12.1 Å². The molecule has 0 aromatic carbocycles. The number of hydrogen-bond donors (Lipinski definition) is 1. The molecule has 0 aliphatic heterocycles. The molecule has 0 aliphatic carbocycles. The topological polar surface area (TPSA) is 77.6 Å². The molecule has 18 heavy (non-hydrogen) atoms. The highest BCUT2D eigenvalue weighted by Crippen LogP contribution is 2.34. The van der Waals surface area contributed by atoms with Gasteiger partial charge in [-0.15, -0.1) is 15.3 Å². The molecular formula is C10H13N5S3. The fourth-order valence-electron chi connectivity index (χ4n) is 1.36. The summed E-state index contributed by atoms with van der Waals surface area (Å²) in [5.74, 6) is 0. The molecule has 0 aliphatic rings. The minimum Gasteiger partial charge on any atom is -0.326 e. The lowest BCUT2D eigenvalue weighted by atomic mass is 10.1. The summed E-state index contributed by atoms with van der Waals surface area (Å²) in [5.41, 5.74) is 8.84. The molecule has 0 spiro atoms. The van der Waals surface area contributed by atoms with Gasteiger partial charge in [0.2, 0.25) is 0 Å². The summed E-state index contributed by atoms with van der Waals surface area (Å²) in [5, 5.41) is 17.3. The van der Waals surface area contributed by atoms with E-state index >= 15 is 0 Å². The van der Waals surface area contributed by atoms with Crippen LogP contribution in [0.15, 0.2) is 13.7 Å². The SMILES string of the molecule is CSc1nnc(Sc2nnc(C)c(C)c2CN)s1. The van der Waals surface area contributed by atoms with Crippen molar-refractivity contribution >= 4 is 34.9 Å². The maximum absolute atomic E-state index is 5.79. The number of rotatable bonds is 4. The minimum atomic E-state index is 0.457. The van der Waals surface area contributed by atoms with Crippen LogP contribution >= 0.6 is 34.9 Å². The molecule has 0 unspecified atom stereocenters. The van der Waals surface area contributed by atoms with Crippen molar-refractivity contribution in [1.29, 1.82) is 0 Å². The van der Waals surface area contributed by atoms with Gasteiger partial charge in [-0.2, -0.15) is 5.10 Å². The number of nitrogens with two attached hydrogens (primary N) is 1. The van der Waals surface area contributed by atoms with Gasteiger partial charge in [0.05, 0.1) is 5.69 Å². The van der Waals surface area contributed by atoms with Crippen molar-refractivity contribution in [2.75, 3.05) is 6.26 Å². The van der Waals surface area contributed by atoms with Crippen LogP contribution in [-0.4, -0.2) is 26.7 Å². The molecule has 2 rings (SSSR count). The molecule has 2 aromatic rings. The molecular weight excluding hydrogens is 286 g/mol. The zero-order valence-corrected chi connectivity index (χ0v) is 12.7. The van der Waals surface area contributed by atoms with Crippen LogP contribution in [-0.2, 0) is 6.54 Å². The molecule has 0 saturated heterocycles. The molecule has 2 aromatic heterocycles. The molecule has 0 radical (unpaired) electrons. The first-order valence-electron chi connectivity index (χ1n) is 5.24. The lowest BCUT2D eigenvalue weighted by Crippen LogP contribution is -2.06. The van der Waals surface area contributed by atoms with Crippen LogP contribution in [0.3, 0.4) is 0 Å². The van der Waals surface area contributed by atoms with Crippen molar-refractivity contribution in [2.24, 2.45) is 5.73 Å². The predicted octanol–water partition coefficient (Wildman–Crippen LogP) is 2.28. The van der Waals surface area contributed by atoms with Gasteiger partial charge < -0.3 is 5.73 Å². The molecule has 96 valence electrons. The van der Waals surface area contributed by atoms with E-state index in [1.54, 1.807) is 23.1 Å². The first kappa shape index (κ1) is 13.7. The van der Waals surface area contributed by atoms with Gasteiger partial charge in [0.15, 0.2) is 8.68 Å². The highest BCUT2D eigenvalue weighted by molar-refractivity contribution is 8.03. The van der Waals surface area contributed by atoms with Crippen LogP contribution in [0.1, 0.15) is 16.8 Å². The van der Waals surface area contributed by atoms with E-state index in [0.29, 0.717) is 6.54 Å². The standard InChI is InChI=1S/C10H13N5S3/c1-5-6(2)12-13-8(7(5)4-11)17-10-15-14-9(16-3)18-10/h4,11H2,1-3H3. The zero-order valence-electron chi connectivity index (χ0n) is 10.3. The Balaban J connectivity index is 2.31. The fourth-order valence-corrected chi connectivity index (χ4v) is 3.85. The number of thioether (sulfide) groups is 1. The Hall–Kier alpha value is -0.700. The second-order valence-corrected chi connectivity index (χ2v) is 6.81. The fraction of sp³-hybridized carbons (Fsp3) is 0.400. The summed E-state index contributed by atoms with van der Waals surface area (Å²) in [6.45, 7) is 4.41. The maximum Gasteiger partial charge on any atom is 0.181 e. The Morgan fingerprint density at radius 3 is 2.44 bits per heavy atom. The van der Waals surface area contributed by atoms with Crippen LogP contribution in [0, 0.1) is 13.8 Å². The first-order valence-corrected chi connectivity index (χ1v) is 8.09. The van der Waals surface area contributed by atoms with E-state index < -0.39 is 0 Å². The van der Waals surface area contributed by atoms with Gasteiger partial charge in [0.25, 0.3) is 0 Å². The smallest absolute Gasteiger partial charge is 0.181 e. The average Bonchev–Trinajstić information content (AvgIpc) is 2.82. The van der Waals surface area contributed by atoms with E-state index in [4.69, 9.17) is 5.73 Å². The van der Waals surface area contributed by atoms with E-state index in [9.17, 15) is 0 Å². The quantitative estimate of drug-likeness (QED) is 0.868. The van der Waals surface area contributed by atoms with Crippen molar-refractivity contribution < 1.29 is 0 Å². The largest absolute Gasteiger partial charge is 0.326 e. The Labute approximate surface area is 118 Å². The van der Waals surface area contributed by atoms with Crippen LogP contribution in [0.5, 0.6) is 0 Å². The van der Waals surface area contributed by atoms with Crippen molar-refractivity contribution in [1.82, 2.24) is 20.4 Å². The summed E-state index contributed by atoms with van der Waals surface area (Å²) < 4.78 is 1.81. The first-order chi connectivity index (χ1) is 8.65. The van der Waals surface area contributed by atoms with E-state index in [0.717, 1.165) is 30.5 Å². The van der Waals surface area contributed by atoms with E-state index in [1.807, 2.05) is 20.1 Å². The molecule has 0 fully saturated rings. The number of aryl methyl sites for hydroxylation is 1. The third-order valence-corrected chi connectivity index (χ3v) is 5.47. The normalized spacial score (nSPS) is 10.9. The molecule has 0 amide bonds. The molecule has 0 bridgehead atoms. The lowest BCUT2D eigenvalue weighted by molar-refractivity contribution is 0.823. The van der Waals surface area contributed by atoms with Crippen LogP contribution in [0.25, 0.3) is 0 Å². The zero-order chi connectivity index (χ0) is 13.1. The van der Waals surface area contributed by atoms with Gasteiger partial charge in [-0.3, -0.25) is 0 Å². The Morgan fingerprint density at radius 2 is 1.83 bits per heavy atom. The molecule has 5 nitrogen and oxygen atoms in total. The Kier molecular flexibility index (Phi) is 4.55. The summed E-state index contributed by atoms with van der Waals surface area (Å²) in [7, 11) is 0. The summed E-state index contributed by atoms with van der Waals surface area (Å²) in [6.07, 6.45) is 1.98. The van der Waals surface area contributed by atoms with Crippen molar-refractivity contribution in [3.63, 3.8) is 0 Å². The van der Waals surface area contributed by atoms with Crippen LogP contribution in [0.4, 0.5) is 0 Å². The van der Waals surface area contributed by atoms with E-state index in [2.05, 4.69) is 20.4 Å². The van der Waals surface area contributed by atoms with Gasteiger partial charge in [-0.05, 0) is 37.4 Å². The average molecular weight is 299 g/mol. The highest BCUT2D eigenvalue weighted by Gasteiger charge is 2.13. The van der Waals surface area contributed by atoms with Crippen LogP contribution < -0.4 is 5.73 Å². The predicted molar refractivity (Wildman–Crippen MR) is 75.2 cm³/mol. The van der Waals surface area contributed by atoms with Crippen molar-refractivity contribution in [3.05, 3.63) is 16.8 Å². The molecule has 2 heterocycles. The second-order valence-electron chi connectivity index (χ2n) is 3.54. The van der Waals surface area contributed by atoms with Crippen molar-refractivity contribution in [2.45, 2.75) is 34.1 Å². The summed E-state index contributed by atoms with van der Waals surface area (Å²) >= 11 is 4.61. The van der Waals surface area contributed by atoms with Gasteiger partial charge in [0.1, 0.15) is 5.03 Å². The third kappa shape index (κ3) is 2.82. The lowest BCUT2D eigenvalue weighted by Gasteiger charge is -2.08. The molecule has 2 N–H and O–H groups in total. The van der Waals surface area contributed by atoms with Crippen LogP contribution in [0.2, 0.25) is 0 Å². The maximum atomic E-state index is 5.79. The Bertz CT molecular complexity index is 554. The number of hydrogen-bond acceptors (Lipinski definition) is 8. The number of aromatic nitrogens is 4. The second kappa shape index (κ2) is 5.96. The highest BCUT2D eigenvalue weighted by atomic mass is 32.2. The van der Waals surface area contributed by atoms with E-state index in [-0.39, 0.29) is 0 Å². The Morgan fingerprint density at radius 1 is 1.11 bits per heavy atom. The minimum absolute atomic E-state index is 0.457. The van der Waals surface area contributed by atoms with E-state index in [1.165, 1.54) is 11.8 Å².